The number of rotatable bonds is 6. The number of ether oxygens (including phenoxy) is 1. The van der Waals surface area contributed by atoms with Gasteiger partial charge < -0.3 is 14.7 Å². The van der Waals surface area contributed by atoms with Gasteiger partial charge in [-0.1, -0.05) is 23.2 Å². The Morgan fingerprint density at radius 1 is 1.47 bits per heavy atom. The highest BCUT2D eigenvalue weighted by atomic mass is 35.5. The summed E-state index contributed by atoms with van der Waals surface area (Å²) in [5, 5.41) is 10.1. The highest BCUT2D eigenvalue weighted by molar-refractivity contribution is 6.34. The summed E-state index contributed by atoms with van der Waals surface area (Å²) in [5.41, 5.74) is 0. The summed E-state index contributed by atoms with van der Waals surface area (Å²) < 4.78 is 5.34. The Kier molecular flexibility index (Phi) is 6.42. The van der Waals surface area contributed by atoms with Crippen molar-refractivity contribution in [2.24, 2.45) is 0 Å². The van der Waals surface area contributed by atoms with Gasteiger partial charge in [0.15, 0.2) is 6.61 Å². The van der Waals surface area contributed by atoms with Crippen molar-refractivity contribution >= 4 is 29.1 Å². The number of nitrogens with zero attached hydrogens (tertiary/aromatic N) is 1. The number of aliphatic hydroxyl groups is 1. The zero-order valence-corrected chi connectivity index (χ0v) is 12.4. The lowest BCUT2D eigenvalue weighted by Crippen LogP contribution is -2.33. The third kappa shape index (κ3) is 5.68. The third-order valence-electron chi connectivity index (χ3n) is 2.55. The van der Waals surface area contributed by atoms with E-state index in [0.29, 0.717) is 28.8 Å². The smallest absolute Gasteiger partial charge is 0.260 e. The van der Waals surface area contributed by atoms with Crippen LogP contribution in [-0.4, -0.2) is 42.2 Å². The van der Waals surface area contributed by atoms with Gasteiger partial charge in [0.25, 0.3) is 5.91 Å². The molecule has 0 aliphatic carbocycles. The Balaban J connectivity index is 2.47. The Hall–Kier alpha value is -0.970. The fourth-order valence-corrected chi connectivity index (χ4v) is 1.68. The van der Waals surface area contributed by atoms with Crippen LogP contribution in [0.3, 0.4) is 0 Å². The van der Waals surface area contributed by atoms with Gasteiger partial charge in [0, 0.05) is 24.7 Å². The maximum atomic E-state index is 11.8. The summed E-state index contributed by atoms with van der Waals surface area (Å²) in [6, 6.07) is 4.82. The van der Waals surface area contributed by atoms with Gasteiger partial charge in [0.05, 0.1) is 11.1 Å². The first-order valence-electron chi connectivity index (χ1n) is 5.90. The van der Waals surface area contributed by atoms with Gasteiger partial charge in [-0.25, -0.2) is 0 Å². The van der Waals surface area contributed by atoms with E-state index in [2.05, 4.69) is 0 Å². The van der Waals surface area contributed by atoms with E-state index in [9.17, 15) is 4.79 Å². The summed E-state index contributed by atoms with van der Waals surface area (Å²) in [7, 11) is 1.66. The highest BCUT2D eigenvalue weighted by Crippen LogP contribution is 2.27. The molecule has 0 saturated carbocycles. The number of likely N-dealkylation sites (N-methyl/N-ethyl adjacent to an activating group) is 1. The van der Waals surface area contributed by atoms with Gasteiger partial charge in [-0.15, -0.1) is 0 Å². The average molecular weight is 306 g/mol. The summed E-state index contributed by atoms with van der Waals surface area (Å²) in [6.07, 6.45) is 0.0960. The molecular formula is C13H17Cl2NO3. The van der Waals surface area contributed by atoms with Gasteiger partial charge in [-0.05, 0) is 25.5 Å². The van der Waals surface area contributed by atoms with Crippen molar-refractivity contribution < 1.29 is 14.6 Å². The number of benzene rings is 1. The van der Waals surface area contributed by atoms with Crippen molar-refractivity contribution in [3.63, 3.8) is 0 Å². The third-order valence-corrected chi connectivity index (χ3v) is 3.10. The SMILES string of the molecule is CC(O)CCN(C)C(=O)COc1cc(Cl)ccc1Cl. The molecule has 0 bridgehead atoms. The first-order valence-corrected chi connectivity index (χ1v) is 6.65. The maximum Gasteiger partial charge on any atom is 0.260 e. The highest BCUT2D eigenvalue weighted by Gasteiger charge is 2.11. The minimum absolute atomic E-state index is 0.115. The molecule has 1 N–H and O–H groups in total. The van der Waals surface area contributed by atoms with Crippen LogP contribution in [0.15, 0.2) is 18.2 Å². The molecular weight excluding hydrogens is 289 g/mol. The lowest BCUT2D eigenvalue weighted by atomic mass is 10.3. The molecule has 106 valence electrons. The second kappa shape index (κ2) is 7.58. The molecule has 0 spiro atoms. The predicted molar refractivity (Wildman–Crippen MR) is 75.9 cm³/mol. The van der Waals surface area contributed by atoms with Crippen LogP contribution in [0.4, 0.5) is 0 Å². The first kappa shape index (κ1) is 16.1. The van der Waals surface area contributed by atoms with Crippen molar-refractivity contribution in [3.05, 3.63) is 28.2 Å². The molecule has 1 amide bonds. The van der Waals surface area contributed by atoms with Gasteiger partial charge >= 0.3 is 0 Å². The van der Waals surface area contributed by atoms with Gasteiger partial charge in [-0.2, -0.15) is 0 Å². The van der Waals surface area contributed by atoms with E-state index in [1.54, 1.807) is 32.2 Å². The lowest BCUT2D eigenvalue weighted by Gasteiger charge is -2.18. The van der Waals surface area contributed by atoms with Gasteiger partial charge in [0.2, 0.25) is 0 Å². The van der Waals surface area contributed by atoms with Crippen LogP contribution in [0.25, 0.3) is 0 Å². The number of halogens is 2. The van der Waals surface area contributed by atoms with Gasteiger partial charge in [-0.3, -0.25) is 4.79 Å². The molecule has 0 aliphatic rings. The Bertz CT molecular complexity index is 438. The van der Waals surface area contributed by atoms with Crippen molar-refractivity contribution in [2.75, 3.05) is 20.2 Å². The standard InChI is InChI=1S/C13H17Cl2NO3/c1-9(17)5-6-16(2)13(18)8-19-12-7-10(14)3-4-11(12)15/h3-4,7,9,17H,5-6,8H2,1-2H3. The topological polar surface area (TPSA) is 49.8 Å². The predicted octanol–water partition coefficient (Wildman–Crippen LogP) is 2.60. The molecule has 6 heteroatoms. The normalized spacial score (nSPS) is 12.1. The quantitative estimate of drug-likeness (QED) is 0.879. The molecule has 0 saturated heterocycles. The second-order valence-corrected chi connectivity index (χ2v) is 5.16. The van der Waals surface area contributed by atoms with E-state index < -0.39 is 6.10 Å². The maximum absolute atomic E-state index is 11.8. The number of amides is 1. The molecule has 19 heavy (non-hydrogen) atoms. The fourth-order valence-electron chi connectivity index (χ4n) is 1.34. The van der Waals surface area contributed by atoms with Crippen molar-refractivity contribution in [3.8, 4) is 5.75 Å². The first-order chi connectivity index (χ1) is 8.90. The van der Waals surface area contributed by atoms with E-state index in [0.717, 1.165) is 0 Å². The van der Waals surface area contributed by atoms with Gasteiger partial charge in [0.1, 0.15) is 5.75 Å². The summed E-state index contributed by atoms with van der Waals surface area (Å²) in [6.45, 7) is 2.04. The molecule has 1 aromatic rings. The van der Waals surface area contributed by atoms with Crippen LogP contribution >= 0.6 is 23.2 Å². The number of carbonyl (C=O) groups excluding carboxylic acids is 1. The average Bonchev–Trinajstić information content (AvgIpc) is 2.36. The summed E-state index contributed by atoms with van der Waals surface area (Å²) in [4.78, 5) is 13.3. The fraction of sp³-hybridized carbons (Fsp3) is 0.462. The monoisotopic (exact) mass is 305 g/mol. The molecule has 0 aromatic heterocycles. The van der Waals surface area contributed by atoms with E-state index in [4.69, 9.17) is 33.0 Å². The minimum Gasteiger partial charge on any atom is -0.482 e. The molecule has 0 aliphatic heterocycles. The van der Waals surface area contributed by atoms with Crippen LogP contribution in [0.2, 0.25) is 10.0 Å². The molecule has 1 atom stereocenters. The molecule has 4 nitrogen and oxygen atoms in total. The molecule has 1 unspecified atom stereocenters. The molecule has 0 heterocycles. The zero-order valence-electron chi connectivity index (χ0n) is 10.9. The summed E-state index contributed by atoms with van der Waals surface area (Å²) in [5.74, 6) is 0.197. The van der Waals surface area contributed by atoms with E-state index in [-0.39, 0.29) is 12.5 Å². The molecule has 1 aromatic carbocycles. The van der Waals surface area contributed by atoms with Crippen molar-refractivity contribution in [1.29, 1.82) is 0 Å². The van der Waals surface area contributed by atoms with E-state index in [1.165, 1.54) is 4.90 Å². The number of aliphatic hydroxyl groups excluding tert-OH is 1. The van der Waals surface area contributed by atoms with Crippen LogP contribution in [0.1, 0.15) is 13.3 Å². The van der Waals surface area contributed by atoms with Crippen LogP contribution in [0.5, 0.6) is 5.75 Å². The Labute approximate surface area is 122 Å². The number of hydrogen-bond donors (Lipinski definition) is 1. The summed E-state index contributed by atoms with van der Waals surface area (Å²) >= 11 is 11.7. The Morgan fingerprint density at radius 3 is 2.79 bits per heavy atom. The van der Waals surface area contributed by atoms with Crippen molar-refractivity contribution in [1.82, 2.24) is 4.90 Å². The largest absolute Gasteiger partial charge is 0.482 e. The molecule has 0 fully saturated rings. The minimum atomic E-state index is -0.432. The number of hydrogen-bond acceptors (Lipinski definition) is 3. The zero-order chi connectivity index (χ0) is 14.4. The number of carbonyl (C=O) groups is 1. The van der Waals surface area contributed by atoms with E-state index in [1.807, 2.05) is 0 Å². The van der Waals surface area contributed by atoms with E-state index >= 15 is 0 Å². The van der Waals surface area contributed by atoms with Crippen LogP contribution in [0, 0.1) is 0 Å². The Morgan fingerprint density at radius 2 is 2.16 bits per heavy atom. The molecule has 0 radical (unpaired) electrons. The van der Waals surface area contributed by atoms with Crippen LogP contribution in [-0.2, 0) is 4.79 Å². The van der Waals surface area contributed by atoms with Crippen LogP contribution < -0.4 is 4.74 Å². The lowest BCUT2D eigenvalue weighted by molar-refractivity contribution is -0.132. The van der Waals surface area contributed by atoms with Crippen molar-refractivity contribution in [2.45, 2.75) is 19.4 Å². The molecule has 1 rings (SSSR count). The second-order valence-electron chi connectivity index (χ2n) is 4.32.